The van der Waals surface area contributed by atoms with Crippen molar-refractivity contribution in [3.63, 3.8) is 0 Å². The second-order valence-electron chi connectivity index (χ2n) is 11.2. The van der Waals surface area contributed by atoms with Crippen LogP contribution in [0.15, 0.2) is 146 Å². The standard InChI is InChI=1S/C42H24N6/c43-25-28-13-16-46-40(19-28)34-7-1-31(2-8-34)37-22-38(32-3-9-35(10-4-32)41-20-29(26-44)14-17-47-41)24-39(23-37)33-5-11-36(12-6-33)42-21-30(27-45)15-18-48-42/h1-24H. The molecule has 0 spiro atoms. The molecule has 0 bridgehead atoms. The van der Waals surface area contributed by atoms with Crippen molar-refractivity contribution in [1.82, 2.24) is 15.0 Å². The van der Waals surface area contributed by atoms with Crippen LogP contribution < -0.4 is 0 Å². The van der Waals surface area contributed by atoms with Gasteiger partial charge < -0.3 is 0 Å². The number of nitrogens with zero attached hydrogens (tertiary/aromatic N) is 6. The first-order valence-electron chi connectivity index (χ1n) is 15.2. The minimum atomic E-state index is 0.570. The van der Waals surface area contributed by atoms with E-state index in [0.29, 0.717) is 16.7 Å². The highest BCUT2D eigenvalue weighted by atomic mass is 14.7. The van der Waals surface area contributed by atoms with Crippen LogP contribution in [0.5, 0.6) is 0 Å². The van der Waals surface area contributed by atoms with Crippen LogP contribution in [-0.2, 0) is 0 Å². The highest BCUT2D eigenvalue weighted by Gasteiger charge is 2.11. The van der Waals surface area contributed by atoms with Crippen LogP contribution in [0, 0.1) is 34.0 Å². The lowest BCUT2D eigenvalue weighted by Crippen LogP contribution is -1.89. The molecule has 222 valence electrons. The Kier molecular flexibility index (Phi) is 8.01. The fourth-order valence-electron chi connectivity index (χ4n) is 5.60. The molecule has 0 aliphatic heterocycles. The molecular formula is C42H24N6. The van der Waals surface area contributed by atoms with Gasteiger partial charge in [0.15, 0.2) is 0 Å². The molecule has 6 heteroatoms. The zero-order valence-corrected chi connectivity index (χ0v) is 25.5. The number of nitriles is 3. The third kappa shape index (κ3) is 6.17. The molecule has 0 amide bonds. The number of hydrogen-bond acceptors (Lipinski definition) is 6. The summed E-state index contributed by atoms with van der Waals surface area (Å²) in [5.74, 6) is 0. The van der Waals surface area contributed by atoms with Gasteiger partial charge in [0.2, 0.25) is 0 Å². The Morgan fingerprint density at radius 2 is 0.542 bits per heavy atom. The summed E-state index contributed by atoms with van der Waals surface area (Å²) in [6.45, 7) is 0. The molecule has 0 atom stereocenters. The number of pyridine rings is 3. The largest absolute Gasteiger partial charge is 0.256 e. The number of hydrogen-bond donors (Lipinski definition) is 0. The molecule has 7 rings (SSSR count). The van der Waals surface area contributed by atoms with Crippen molar-refractivity contribution in [3.8, 4) is 85.4 Å². The third-order valence-corrected chi connectivity index (χ3v) is 8.14. The fraction of sp³-hybridized carbons (Fsp3) is 0. The molecule has 48 heavy (non-hydrogen) atoms. The summed E-state index contributed by atoms with van der Waals surface area (Å²) in [6, 6.07) is 48.2. The second-order valence-corrected chi connectivity index (χ2v) is 11.2. The molecule has 0 fully saturated rings. The van der Waals surface area contributed by atoms with Crippen molar-refractivity contribution in [2.24, 2.45) is 0 Å². The van der Waals surface area contributed by atoms with Gasteiger partial charge in [-0.25, -0.2) is 0 Å². The van der Waals surface area contributed by atoms with Gasteiger partial charge in [-0.05, 0) is 88.0 Å². The Hall–Kier alpha value is -7.20. The normalized spacial score (nSPS) is 10.4. The van der Waals surface area contributed by atoms with Gasteiger partial charge in [-0.3, -0.25) is 15.0 Å². The Bertz CT molecular complexity index is 2120. The lowest BCUT2D eigenvalue weighted by atomic mass is 9.92. The van der Waals surface area contributed by atoms with E-state index in [1.165, 1.54) is 0 Å². The average Bonchev–Trinajstić information content (AvgIpc) is 3.18. The number of benzene rings is 4. The quantitative estimate of drug-likeness (QED) is 0.185. The van der Waals surface area contributed by atoms with Gasteiger partial charge in [0.25, 0.3) is 0 Å². The highest BCUT2D eigenvalue weighted by molar-refractivity contribution is 5.83. The van der Waals surface area contributed by atoms with E-state index in [1.54, 1.807) is 55.0 Å². The van der Waals surface area contributed by atoms with Crippen molar-refractivity contribution >= 4 is 0 Å². The van der Waals surface area contributed by atoms with Crippen molar-refractivity contribution in [1.29, 1.82) is 15.8 Å². The predicted molar refractivity (Wildman–Crippen MR) is 187 cm³/mol. The summed E-state index contributed by atoms with van der Waals surface area (Å²) < 4.78 is 0. The molecule has 0 radical (unpaired) electrons. The molecule has 0 saturated carbocycles. The third-order valence-electron chi connectivity index (χ3n) is 8.14. The fourth-order valence-corrected chi connectivity index (χ4v) is 5.60. The Labute approximate surface area is 278 Å². The molecule has 7 aromatic rings. The van der Waals surface area contributed by atoms with E-state index in [2.05, 4.69) is 87.8 Å². The van der Waals surface area contributed by atoms with E-state index in [1.807, 2.05) is 36.4 Å². The summed E-state index contributed by atoms with van der Waals surface area (Å²) >= 11 is 0. The Morgan fingerprint density at radius 1 is 0.292 bits per heavy atom. The molecule has 0 unspecified atom stereocenters. The van der Waals surface area contributed by atoms with Gasteiger partial charge in [-0.2, -0.15) is 15.8 Å². The smallest absolute Gasteiger partial charge is 0.0992 e. The van der Waals surface area contributed by atoms with Crippen LogP contribution in [0.3, 0.4) is 0 Å². The maximum Gasteiger partial charge on any atom is 0.0992 e. The first-order chi connectivity index (χ1) is 23.6. The van der Waals surface area contributed by atoms with Crippen LogP contribution in [0.4, 0.5) is 0 Å². The van der Waals surface area contributed by atoms with E-state index in [-0.39, 0.29) is 0 Å². The topological polar surface area (TPSA) is 110 Å². The van der Waals surface area contributed by atoms with Crippen LogP contribution >= 0.6 is 0 Å². The molecule has 4 aromatic carbocycles. The van der Waals surface area contributed by atoms with Gasteiger partial charge in [0, 0.05) is 35.3 Å². The van der Waals surface area contributed by atoms with Crippen LogP contribution in [0.25, 0.3) is 67.2 Å². The van der Waals surface area contributed by atoms with Gasteiger partial charge in [0.05, 0.1) is 52.0 Å². The predicted octanol–water partition coefficient (Wildman–Crippen LogP) is 9.49. The molecule has 0 N–H and O–H groups in total. The second kappa shape index (κ2) is 13.0. The van der Waals surface area contributed by atoms with Crippen LogP contribution in [0.2, 0.25) is 0 Å². The maximum absolute atomic E-state index is 9.32. The minimum absolute atomic E-state index is 0.570. The first-order valence-corrected chi connectivity index (χ1v) is 15.2. The number of aromatic nitrogens is 3. The summed E-state index contributed by atoms with van der Waals surface area (Å²) in [6.07, 6.45) is 4.96. The summed E-state index contributed by atoms with van der Waals surface area (Å²) in [5.41, 5.74) is 13.0. The van der Waals surface area contributed by atoms with E-state index < -0.39 is 0 Å². The van der Waals surface area contributed by atoms with Gasteiger partial charge >= 0.3 is 0 Å². The Morgan fingerprint density at radius 3 is 0.792 bits per heavy atom. The molecule has 6 nitrogen and oxygen atoms in total. The van der Waals surface area contributed by atoms with E-state index in [4.69, 9.17) is 0 Å². The summed E-state index contributed by atoms with van der Waals surface area (Å²) in [4.78, 5) is 13.4. The zero-order chi connectivity index (χ0) is 32.9. The SMILES string of the molecule is N#Cc1ccnc(-c2ccc(-c3cc(-c4ccc(-c5cc(C#N)ccn5)cc4)cc(-c4ccc(-c5cc(C#N)ccn5)cc4)c3)cc2)c1. The Balaban J connectivity index is 1.28. The van der Waals surface area contributed by atoms with Crippen molar-refractivity contribution in [2.75, 3.05) is 0 Å². The first kappa shape index (κ1) is 29.5. The van der Waals surface area contributed by atoms with Crippen molar-refractivity contribution < 1.29 is 0 Å². The minimum Gasteiger partial charge on any atom is -0.256 e. The molecular weight excluding hydrogens is 589 g/mol. The molecule has 0 aliphatic rings. The van der Waals surface area contributed by atoms with Gasteiger partial charge in [-0.15, -0.1) is 0 Å². The average molecular weight is 613 g/mol. The number of rotatable bonds is 6. The highest BCUT2D eigenvalue weighted by Crippen LogP contribution is 2.35. The lowest BCUT2D eigenvalue weighted by Gasteiger charge is -2.13. The van der Waals surface area contributed by atoms with Gasteiger partial charge in [-0.1, -0.05) is 72.8 Å². The maximum atomic E-state index is 9.32. The summed E-state index contributed by atoms with van der Waals surface area (Å²) in [7, 11) is 0. The molecule has 3 heterocycles. The van der Waals surface area contributed by atoms with Crippen LogP contribution in [-0.4, -0.2) is 15.0 Å². The monoisotopic (exact) mass is 612 g/mol. The molecule has 3 aromatic heterocycles. The van der Waals surface area contributed by atoms with Crippen LogP contribution in [0.1, 0.15) is 16.7 Å². The van der Waals surface area contributed by atoms with Crippen molar-refractivity contribution in [2.45, 2.75) is 0 Å². The van der Waals surface area contributed by atoms with Crippen molar-refractivity contribution in [3.05, 3.63) is 163 Å². The molecule has 0 aliphatic carbocycles. The zero-order valence-electron chi connectivity index (χ0n) is 25.5. The molecule has 0 saturated heterocycles. The van der Waals surface area contributed by atoms with E-state index in [9.17, 15) is 15.8 Å². The summed E-state index contributed by atoms with van der Waals surface area (Å²) in [5, 5.41) is 28.0. The lowest BCUT2D eigenvalue weighted by molar-refractivity contribution is 1.31. The van der Waals surface area contributed by atoms with E-state index >= 15 is 0 Å². The van der Waals surface area contributed by atoms with Gasteiger partial charge in [0.1, 0.15) is 0 Å². The van der Waals surface area contributed by atoms with E-state index in [0.717, 1.165) is 67.2 Å².